The molecule has 0 N–H and O–H groups in total. The van der Waals surface area contributed by atoms with E-state index in [2.05, 4.69) is 4.98 Å². The number of carbonyl (C=O) groups is 1. The molecular formula is C21H23N3O3. The van der Waals surface area contributed by atoms with Gasteiger partial charge in [-0.2, -0.15) is 0 Å². The third-order valence-electron chi connectivity index (χ3n) is 4.85. The van der Waals surface area contributed by atoms with Crippen molar-refractivity contribution in [3.8, 4) is 11.5 Å². The lowest BCUT2D eigenvalue weighted by molar-refractivity contribution is -0.132. The molecule has 3 aromatic rings. The van der Waals surface area contributed by atoms with Crippen LogP contribution >= 0.6 is 0 Å². The molecule has 6 nitrogen and oxygen atoms in total. The van der Waals surface area contributed by atoms with E-state index in [4.69, 9.17) is 9.47 Å². The number of hydrogen-bond donors (Lipinski definition) is 0. The fourth-order valence-corrected chi connectivity index (χ4v) is 3.41. The minimum absolute atomic E-state index is 0.0682. The molecule has 1 aliphatic heterocycles. The Morgan fingerprint density at radius 2 is 1.93 bits per heavy atom. The first-order valence-electron chi connectivity index (χ1n) is 9.24. The van der Waals surface area contributed by atoms with E-state index >= 15 is 0 Å². The highest BCUT2D eigenvalue weighted by atomic mass is 16.6. The van der Waals surface area contributed by atoms with Gasteiger partial charge in [0.1, 0.15) is 25.6 Å². The number of carbonyl (C=O) groups excluding carboxylic acids is 1. The average Bonchev–Trinajstić information content (AvgIpc) is 3.01. The maximum absolute atomic E-state index is 13.0. The molecule has 27 heavy (non-hydrogen) atoms. The first-order valence-corrected chi connectivity index (χ1v) is 9.24. The summed E-state index contributed by atoms with van der Waals surface area (Å²) in [6.07, 6.45) is 0. The van der Waals surface area contributed by atoms with E-state index in [-0.39, 0.29) is 12.5 Å². The van der Waals surface area contributed by atoms with Crippen LogP contribution in [-0.2, 0) is 17.9 Å². The molecule has 0 radical (unpaired) electrons. The van der Waals surface area contributed by atoms with Crippen LogP contribution in [0.4, 0.5) is 0 Å². The highest BCUT2D eigenvalue weighted by Crippen LogP contribution is 2.31. The zero-order valence-corrected chi connectivity index (χ0v) is 15.6. The van der Waals surface area contributed by atoms with Gasteiger partial charge in [-0.1, -0.05) is 18.2 Å². The van der Waals surface area contributed by atoms with Gasteiger partial charge in [-0.25, -0.2) is 4.98 Å². The van der Waals surface area contributed by atoms with Gasteiger partial charge in [0.05, 0.1) is 11.0 Å². The molecule has 2 aromatic carbocycles. The molecule has 0 fully saturated rings. The zero-order chi connectivity index (χ0) is 18.8. The van der Waals surface area contributed by atoms with Crippen LogP contribution in [0.5, 0.6) is 11.5 Å². The van der Waals surface area contributed by atoms with Crippen LogP contribution in [0.25, 0.3) is 11.0 Å². The summed E-state index contributed by atoms with van der Waals surface area (Å²) in [6, 6.07) is 13.8. The highest BCUT2D eigenvalue weighted by Gasteiger charge is 2.18. The number of aryl methyl sites for hydroxylation is 1. The summed E-state index contributed by atoms with van der Waals surface area (Å²) in [4.78, 5) is 19.3. The van der Waals surface area contributed by atoms with E-state index in [9.17, 15) is 4.79 Å². The molecule has 1 aromatic heterocycles. The number of hydrogen-bond acceptors (Lipinski definition) is 4. The quantitative estimate of drug-likeness (QED) is 0.697. The van der Waals surface area contributed by atoms with Crippen LogP contribution in [0.2, 0.25) is 0 Å². The summed E-state index contributed by atoms with van der Waals surface area (Å²) in [5, 5.41) is 0. The summed E-state index contributed by atoms with van der Waals surface area (Å²) in [5.74, 6) is 2.43. The summed E-state index contributed by atoms with van der Waals surface area (Å²) in [5.41, 5.74) is 2.93. The Morgan fingerprint density at radius 3 is 2.74 bits per heavy atom. The van der Waals surface area contributed by atoms with Crippen molar-refractivity contribution < 1.29 is 14.3 Å². The van der Waals surface area contributed by atoms with E-state index in [0.717, 1.165) is 33.9 Å². The molecule has 140 valence electrons. The van der Waals surface area contributed by atoms with Crippen LogP contribution < -0.4 is 9.47 Å². The maximum Gasteiger partial charge on any atom is 0.242 e. The van der Waals surface area contributed by atoms with Gasteiger partial charge in [0, 0.05) is 13.1 Å². The van der Waals surface area contributed by atoms with Gasteiger partial charge in [-0.3, -0.25) is 4.79 Å². The van der Waals surface area contributed by atoms with Gasteiger partial charge in [0.15, 0.2) is 11.5 Å². The minimum Gasteiger partial charge on any atom is -0.486 e. The zero-order valence-electron chi connectivity index (χ0n) is 15.6. The normalized spacial score (nSPS) is 13.0. The third kappa shape index (κ3) is 3.47. The molecule has 0 atom stereocenters. The van der Waals surface area contributed by atoms with Gasteiger partial charge in [-0.15, -0.1) is 0 Å². The lowest BCUT2D eigenvalue weighted by atomic mass is 10.1. The molecule has 4 rings (SSSR count). The van der Waals surface area contributed by atoms with Crippen LogP contribution in [0.3, 0.4) is 0 Å². The topological polar surface area (TPSA) is 56.6 Å². The van der Waals surface area contributed by atoms with Crippen molar-refractivity contribution in [3.05, 3.63) is 53.9 Å². The van der Waals surface area contributed by atoms with Crippen molar-refractivity contribution in [1.82, 2.24) is 14.5 Å². The predicted molar refractivity (Wildman–Crippen MR) is 103 cm³/mol. The first-order chi connectivity index (χ1) is 13.2. The Balaban J connectivity index is 1.52. The monoisotopic (exact) mass is 365 g/mol. The van der Waals surface area contributed by atoms with Crippen molar-refractivity contribution >= 4 is 16.9 Å². The average molecular weight is 365 g/mol. The number of fused-ring (bicyclic) bond motifs is 2. The molecule has 6 heteroatoms. The van der Waals surface area contributed by atoms with Crippen molar-refractivity contribution in [2.24, 2.45) is 0 Å². The molecular weight excluding hydrogens is 342 g/mol. The molecule has 0 spiro atoms. The standard InChI is InChI=1S/C21H23N3O3/c1-3-23(13-16-8-9-19-20(12-16)27-11-10-26-19)21(25)14-24-15(2)22-17-6-4-5-7-18(17)24/h4-9,12H,3,10-11,13-14H2,1-2H3. The van der Waals surface area contributed by atoms with Crippen LogP contribution in [0.1, 0.15) is 18.3 Å². The summed E-state index contributed by atoms with van der Waals surface area (Å²) < 4.78 is 13.2. The maximum atomic E-state index is 13.0. The van der Waals surface area contributed by atoms with Crippen molar-refractivity contribution in [3.63, 3.8) is 0 Å². The number of rotatable bonds is 5. The minimum atomic E-state index is 0.0682. The smallest absolute Gasteiger partial charge is 0.242 e. The second kappa shape index (κ2) is 7.31. The number of ether oxygens (including phenoxy) is 2. The second-order valence-corrected chi connectivity index (χ2v) is 6.62. The van der Waals surface area contributed by atoms with Crippen molar-refractivity contribution in [2.75, 3.05) is 19.8 Å². The third-order valence-corrected chi connectivity index (χ3v) is 4.85. The number of nitrogens with zero attached hydrogens (tertiary/aromatic N) is 3. The van der Waals surface area contributed by atoms with Crippen LogP contribution in [-0.4, -0.2) is 40.1 Å². The number of imidazole rings is 1. The Hall–Kier alpha value is -3.02. The summed E-state index contributed by atoms with van der Waals surface area (Å²) >= 11 is 0. The molecule has 0 bridgehead atoms. The van der Waals surface area contributed by atoms with E-state index in [1.807, 2.05) is 65.8 Å². The Kier molecular flexibility index (Phi) is 4.71. The second-order valence-electron chi connectivity index (χ2n) is 6.62. The van der Waals surface area contributed by atoms with Gasteiger partial charge < -0.3 is 18.9 Å². The molecule has 0 aliphatic carbocycles. The van der Waals surface area contributed by atoms with Gasteiger partial charge in [0.25, 0.3) is 0 Å². The number of benzene rings is 2. The largest absolute Gasteiger partial charge is 0.486 e. The predicted octanol–water partition coefficient (Wildman–Crippen LogP) is 3.16. The van der Waals surface area contributed by atoms with Crippen LogP contribution in [0, 0.1) is 6.92 Å². The van der Waals surface area contributed by atoms with Crippen LogP contribution in [0.15, 0.2) is 42.5 Å². The van der Waals surface area contributed by atoms with E-state index in [1.165, 1.54) is 0 Å². The molecule has 0 saturated carbocycles. The molecule has 1 aliphatic rings. The van der Waals surface area contributed by atoms with Crippen molar-refractivity contribution in [1.29, 1.82) is 0 Å². The van der Waals surface area contributed by atoms with E-state index in [0.29, 0.717) is 26.3 Å². The SMILES string of the molecule is CCN(Cc1ccc2c(c1)OCCO2)C(=O)Cn1c(C)nc2ccccc21. The number of aromatic nitrogens is 2. The first kappa shape index (κ1) is 17.4. The fraction of sp³-hybridized carbons (Fsp3) is 0.333. The molecule has 1 amide bonds. The Morgan fingerprint density at radius 1 is 1.15 bits per heavy atom. The molecule has 0 saturated heterocycles. The molecule has 2 heterocycles. The molecule has 0 unspecified atom stereocenters. The van der Waals surface area contributed by atoms with Crippen molar-refractivity contribution in [2.45, 2.75) is 26.9 Å². The van der Waals surface area contributed by atoms with Gasteiger partial charge >= 0.3 is 0 Å². The van der Waals surface area contributed by atoms with E-state index in [1.54, 1.807) is 0 Å². The van der Waals surface area contributed by atoms with Gasteiger partial charge in [0.2, 0.25) is 5.91 Å². The fourth-order valence-electron chi connectivity index (χ4n) is 3.41. The lowest BCUT2D eigenvalue weighted by Gasteiger charge is -2.23. The number of amides is 1. The van der Waals surface area contributed by atoms with Gasteiger partial charge in [-0.05, 0) is 43.7 Å². The Bertz CT molecular complexity index is 980. The number of para-hydroxylation sites is 2. The Labute approximate surface area is 158 Å². The number of likely N-dealkylation sites (N-methyl/N-ethyl adjacent to an activating group) is 1. The summed E-state index contributed by atoms with van der Waals surface area (Å²) in [7, 11) is 0. The highest BCUT2D eigenvalue weighted by molar-refractivity contribution is 5.81. The van der Waals surface area contributed by atoms with E-state index < -0.39 is 0 Å². The summed E-state index contributed by atoms with van der Waals surface area (Å²) in [6.45, 7) is 6.52. The lowest BCUT2D eigenvalue weighted by Crippen LogP contribution is -2.33.